The van der Waals surface area contributed by atoms with Gasteiger partial charge in [0.2, 0.25) is 0 Å². The van der Waals surface area contributed by atoms with E-state index in [1.807, 2.05) is 0 Å². The maximum atomic E-state index is 13.1. The number of hydrogen-bond donors (Lipinski definition) is 0. The molecule has 0 saturated heterocycles. The highest BCUT2D eigenvalue weighted by molar-refractivity contribution is 5.10. The Kier molecular flexibility index (Phi) is 6.50. The van der Waals surface area contributed by atoms with Crippen molar-refractivity contribution in [3.05, 3.63) is 0 Å². The summed E-state index contributed by atoms with van der Waals surface area (Å²) < 4.78 is 241. The van der Waals surface area contributed by atoms with Gasteiger partial charge in [0.15, 0.2) is 0 Å². The molecule has 0 radical (unpaired) electrons. The maximum Gasteiger partial charge on any atom is 0.458 e. The van der Waals surface area contributed by atoms with E-state index in [0.29, 0.717) is 0 Å². The first-order valence-corrected chi connectivity index (χ1v) is 6.25. The minimum Gasteiger partial charge on any atom is -0.262 e. The van der Waals surface area contributed by atoms with Crippen molar-refractivity contribution in [2.75, 3.05) is 0 Å². The van der Waals surface area contributed by atoms with Crippen LogP contribution in [0.3, 0.4) is 0 Å². The molecule has 182 valence electrons. The standard InChI is InChI=1S/C10H3F19O/c1-2(11,12)3(13,14)4(15,16)5(17,18)6(19,20)10(28,29)30-7(21,8(22,23)24)9(25,26)27/h1H3. The highest BCUT2D eigenvalue weighted by atomic mass is 19.4. The van der Waals surface area contributed by atoms with E-state index in [9.17, 15) is 83.4 Å². The van der Waals surface area contributed by atoms with Gasteiger partial charge < -0.3 is 0 Å². The van der Waals surface area contributed by atoms with Crippen molar-refractivity contribution >= 4 is 0 Å². The number of ether oxygens (including phenoxy) is 1. The first kappa shape index (κ1) is 28.6. The Morgan fingerprint density at radius 3 is 0.900 bits per heavy atom. The van der Waals surface area contributed by atoms with E-state index >= 15 is 0 Å². The third kappa shape index (κ3) is 3.82. The Bertz CT molecular complexity index is 605. The van der Waals surface area contributed by atoms with Gasteiger partial charge in [-0.15, -0.1) is 0 Å². The fourth-order valence-corrected chi connectivity index (χ4v) is 1.37. The molecule has 0 aromatic rings. The Balaban J connectivity index is 6.65. The maximum absolute atomic E-state index is 13.1. The van der Waals surface area contributed by atoms with Crippen LogP contribution in [0.15, 0.2) is 0 Å². The molecule has 0 bridgehead atoms. The second-order valence-electron chi connectivity index (χ2n) is 5.40. The second kappa shape index (κ2) is 6.81. The van der Waals surface area contributed by atoms with Crippen LogP contribution in [0, 0.1) is 0 Å². The van der Waals surface area contributed by atoms with Gasteiger partial charge in [0.05, 0.1) is 0 Å². The molecule has 0 spiro atoms. The summed E-state index contributed by atoms with van der Waals surface area (Å²) >= 11 is 0. The number of halogens is 19. The smallest absolute Gasteiger partial charge is 0.262 e. The molecule has 0 N–H and O–H groups in total. The quantitative estimate of drug-likeness (QED) is 0.359. The molecule has 0 aliphatic carbocycles. The van der Waals surface area contributed by atoms with E-state index in [0.717, 1.165) is 4.74 Å². The molecular formula is C10H3F19O. The summed E-state index contributed by atoms with van der Waals surface area (Å²) in [6.45, 7) is -1.30. The lowest BCUT2D eigenvalue weighted by Gasteiger charge is -2.41. The van der Waals surface area contributed by atoms with Gasteiger partial charge in [0.25, 0.3) is 0 Å². The van der Waals surface area contributed by atoms with Crippen LogP contribution in [0.5, 0.6) is 0 Å². The molecule has 0 heterocycles. The number of hydrogen-bond acceptors (Lipinski definition) is 1. The van der Waals surface area contributed by atoms with E-state index in [1.54, 1.807) is 0 Å². The van der Waals surface area contributed by atoms with Crippen molar-refractivity contribution in [1.82, 2.24) is 0 Å². The summed E-state index contributed by atoms with van der Waals surface area (Å²) in [5.41, 5.74) is 0. The zero-order valence-electron chi connectivity index (χ0n) is 13.1. The topological polar surface area (TPSA) is 9.23 Å². The summed E-state index contributed by atoms with van der Waals surface area (Å²) in [5.74, 6) is -47.3. The average Bonchev–Trinajstić information content (AvgIpc) is 2.42. The summed E-state index contributed by atoms with van der Waals surface area (Å²) in [4.78, 5) is 0. The van der Waals surface area contributed by atoms with Crippen LogP contribution in [0.4, 0.5) is 83.4 Å². The molecule has 20 heteroatoms. The molecule has 0 aliphatic heterocycles. The van der Waals surface area contributed by atoms with Crippen LogP contribution >= 0.6 is 0 Å². The third-order valence-corrected chi connectivity index (χ3v) is 3.10. The van der Waals surface area contributed by atoms with Crippen molar-refractivity contribution in [2.24, 2.45) is 0 Å². The van der Waals surface area contributed by atoms with Crippen molar-refractivity contribution in [1.29, 1.82) is 0 Å². The fraction of sp³-hybridized carbons (Fsp3) is 1.00. The van der Waals surface area contributed by atoms with Crippen molar-refractivity contribution in [3.63, 3.8) is 0 Å². The van der Waals surface area contributed by atoms with E-state index in [2.05, 4.69) is 0 Å². The molecular weight excluding hydrogens is 497 g/mol. The van der Waals surface area contributed by atoms with Crippen LogP contribution < -0.4 is 0 Å². The van der Waals surface area contributed by atoms with Crippen LogP contribution in [-0.4, -0.2) is 53.9 Å². The molecule has 0 amide bonds. The third-order valence-electron chi connectivity index (χ3n) is 3.10. The van der Waals surface area contributed by atoms with Crippen molar-refractivity contribution in [2.45, 2.75) is 60.9 Å². The Morgan fingerprint density at radius 1 is 0.400 bits per heavy atom. The van der Waals surface area contributed by atoms with E-state index in [1.165, 1.54) is 0 Å². The zero-order chi connectivity index (χ0) is 25.2. The van der Waals surface area contributed by atoms with Crippen molar-refractivity contribution < 1.29 is 88.2 Å². The monoisotopic (exact) mass is 500 g/mol. The first-order chi connectivity index (χ1) is 12.5. The Labute approximate surface area is 150 Å². The molecule has 0 saturated carbocycles. The van der Waals surface area contributed by atoms with Crippen LogP contribution in [0.25, 0.3) is 0 Å². The zero-order valence-corrected chi connectivity index (χ0v) is 13.1. The first-order valence-electron chi connectivity index (χ1n) is 6.25. The molecule has 1 nitrogen and oxygen atoms in total. The summed E-state index contributed by atoms with van der Waals surface area (Å²) in [7, 11) is 0. The summed E-state index contributed by atoms with van der Waals surface area (Å²) in [6.07, 6.45) is -23.9. The van der Waals surface area contributed by atoms with Gasteiger partial charge in [0, 0.05) is 6.92 Å². The summed E-state index contributed by atoms with van der Waals surface area (Å²) in [5, 5.41) is 0. The average molecular weight is 500 g/mol. The van der Waals surface area contributed by atoms with Crippen LogP contribution in [0.1, 0.15) is 6.92 Å². The largest absolute Gasteiger partial charge is 0.458 e. The molecule has 0 aromatic heterocycles. The fourth-order valence-electron chi connectivity index (χ4n) is 1.37. The normalized spacial score (nSPS) is 16.8. The molecule has 30 heavy (non-hydrogen) atoms. The predicted octanol–water partition coefficient (Wildman–Crippen LogP) is 6.58. The molecule has 0 rings (SSSR count). The van der Waals surface area contributed by atoms with Gasteiger partial charge in [-0.05, 0) is 0 Å². The molecule has 0 atom stereocenters. The molecule has 0 fully saturated rings. The highest BCUT2D eigenvalue weighted by Gasteiger charge is 2.92. The second-order valence-corrected chi connectivity index (χ2v) is 5.40. The lowest BCUT2D eigenvalue weighted by Crippen LogP contribution is -2.72. The number of alkyl halides is 19. The summed E-state index contributed by atoms with van der Waals surface area (Å²) in [6, 6.07) is 0. The van der Waals surface area contributed by atoms with Gasteiger partial charge in [-0.3, -0.25) is 4.74 Å². The van der Waals surface area contributed by atoms with E-state index < -0.39 is 60.9 Å². The van der Waals surface area contributed by atoms with Gasteiger partial charge in [-0.1, -0.05) is 0 Å². The van der Waals surface area contributed by atoms with Gasteiger partial charge >= 0.3 is 53.9 Å². The van der Waals surface area contributed by atoms with Crippen LogP contribution in [0.2, 0.25) is 0 Å². The molecule has 0 aliphatic rings. The van der Waals surface area contributed by atoms with E-state index in [-0.39, 0.29) is 0 Å². The minimum absolute atomic E-state index is 1.05. The molecule has 0 aromatic carbocycles. The van der Waals surface area contributed by atoms with Crippen molar-refractivity contribution in [3.8, 4) is 0 Å². The predicted molar refractivity (Wildman–Crippen MR) is 52.4 cm³/mol. The SMILES string of the molecule is CC(F)(F)C(F)(F)C(F)(F)C(F)(F)C(F)(F)C(F)(F)OC(F)(C(F)(F)F)C(F)(F)F. The minimum atomic E-state index is -8.55. The van der Waals surface area contributed by atoms with E-state index in [4.69, 9.17) is 0 Å². The highest BCUT2D eigenvalue weighted by Crippen LogP contribution is 2.61. The van der Waals surface area contributed by atoms with Gasteiger partial charge in [0.1, 0.15) is 0 Å². The Hall–Kier alpha value is -1.37. The molecule has 0 unspecified atom stereocenters. The van der Waals surface area contributed by atoms with Gasteiger partial charge in [-0.25, -0.2) is 0 Å². The lowest BCUT2D eigenvalue weighted by molar-refractivity contribution is -0.526. The lowest BCUT2D eigenvalue weighted by atomic mass is 9.94. The van der Waals surface area contributed by atoms with Gasteiger partial charge in [-0.2, -0.15) is 83.4 Å². The Morgan fingerprint density at radius 2 is 0.667 bits per heavy atom. The number of rotatable bonds is 7. The van der Waals surface area contributed by atoms with Crippen LogP contribution in [-0.2, 0) is 4.74 Å².